The molecule has 31 heavy (non-hydrogen) atoms. The Morgan fingerprint density at radius 2 is 1.84 bits per heavy atom. The van der Waals surface area contributed by atoms with E-state index in [1.165, 1.54) is 6.08 Å². The highest BCUT2D eigenvalue weighted by Crippen LogP contribution is 2.28. The number of benzene rings is 3. The Morgan fingerprint density at radius 3 is 2.55 bits per heavy atom. The van der Waals surface area contributed by atoms with Crippen LogP contribution >= 0.6 is 23.2 Å². The van der Waals surface area contributed by atoms with Gasteiger partial charge in [0.1, 0.15) is 24.0 Å². The first kappa shape index (κ1) is 22.4. The van der Waals surface area contributed by atoms with Gasteiger partial charge in [0.25, 0.3) is 5.91 Å². The van der Waals surface area contributed by atoms with Crippen LogP contribution in [0.4, 0.5) is 5.69 Å². The number of ether oxygens (including phenoxy) is 1. The van der Waals surface area contributed by atoms with Crippen molar-refractivity contribution in [2.75, 3.05) is 5.32 Å². The first-order valence-corrected chi connectivity index (χ1v) is 10.3. The van der Waals surface area contributed by atoms with E-state index in [1.807, 2.05) is 50.2 Å². The summed E-state index contributed by atoms with van der Waals surface area (Å²) in [7, 11) is 0. The number of hydrogen-bond acceptors (Lipinski definition) is 3. The molecule has 0 unspecified atom stereocenters. The highest BCUT2D eigenvalue weighted by molar-refractivity contribution is 6.32. The molecule has 0 aromatic heterocycles. The number of nitriles is 1. The van der Waals surface area contributed by atoms with Crippen molar-refractivity contribution in [3.63, 3.8) is 0 Å². The molecule has 3 aromatic carbocycles. The highest BCUT2D eigenvalue weighted by atomic mass is 35.5. The van der Waals surface area contributed by atoms with Crippen LogP contribution in [0, 0.1) is 25.2 Å². The molecule has 0 spiro atoms. The summed E-state index contributed by atoms with van der Waals surface area (Å²) in [4.78, 5) is 12.6. The van der Waals surface area contributed by atoms with E-state index < -0.39 is 5.91 Å². The zero-order valence-electron chi connectivity index (χ0n) is 17.1. The third kappa shape index (κ3) is 5.67. The summed E-state index contributed by atoms with van der Waals surface area (Å²) in [5, 5.41) is 13.2. The van der Waals surface area contributed by atoms with Gasteiger partial charge in [-0.25, -0.2) is 0 Å². The van der Waals surface area contributed by atoms with Gasteiger partial charge in [0, 0.05) is 16.3 Å². The van der Waals surface area contributed by atoms with E-state index >= 15 is 0 Å². The van der Waals surface area contributed by atoms with Crippen LogP contribution in [0.3, 0.4) is 0 Å². The van der Waals surface area contributed by atoms with Crippen LogP contribution in [0.15, 0.2) is 66.2 Å². The van der Waals surface area contributed by atoms with Crippen molar-refractivity contribution in [1.82, 2.24) is 0 Å². The number of anilines is 1. The second kappa shape index (κ2) is 10.2. The Labute approximate surface area is 191 Å². The van der Waals surface area contributed by atoms with Gasteiger partial charge in [-0.05, 0) is 60.9 Å². The molecule has 4 nitrogen and oxygen atoms in total. The maximum Gasteiger partial charge on any atom is 0.266 e. The Morgan fingerprint density at radius 1 is 1.06 bits per heavy atom. The van der Waals surface area contributed by atoms with E-state index in [4.69, 9.17) is 27.9 Å². The van der Waals surface area contributed by atoms with Crippen molar-refractivity contribution in [3.05, 3.63) is 98.5 Å². The summed E-state index contributed by atoms with van der Waals surface area (Å²) in [6.07, 6.45) is 1.49. The van der Waals surface area contributed by atoms with Crippen LogP contribution in [0.1, 0.15) is 22.3 Å². The lowest BCUT2D eigenvalue weighted by Crippen LogP contribution is -2.14. The van der Waals surface area contributed by atoms with Crippen molar-refractivity contribution in [1.29, 1.82) is 5.26 Å². The van der Waals surface area contributed by atoms with E-state index in [0.717, 1.165) is 16.7 Å². The van der Waals surface area contributed by atoms with E-state index in [2.05, 4.69) is 5.32 Å². The Hall–Kier alpha value is -3.26. The smallest absolute Gasteiger partial charge is 0.266 e. The maximum absolute atomic E-state index is 12.6. The second-order valence-corrected chi connectivity index (χ2v) is 7.76. The second-order valence-electron chi connectivity index (χ2n) is 6.94. The monoisotopic (exact) mass is 450 g/mol. The molecule has 3 aromatic rings. The van der Waals surface area contributed by atoms with Crippen LogP contribution in [-0.4, -0.2) is 5.91 Å². The number of aryl methyl sites for hydroxylation is 1. The number of carbonyl (C=O) groups is 1. The Bertz CT molecular complexity index is 1200. The van der Waals surface area contributed by atoms with Crippen LogP contribution < -0.4 is 10.1 Å². The van der Waals surface area contributed by atoms with Gasteiger partial charge in [-0.2, -0.15) is 5.26 Å². The van der Waals surface area contributed by atoms with E-state index in [-0.39, 0.29) is 12.2 Å². The first-order chi connectivity index (χ1) is 14.9. The molecule has 156 valence electrons. The number of carbonyl (C=O) groups excluding carboxylic acids is 1. The normalized spacial score (nSPS) is 11.0. The van der Waals surface area contributed by atoms with Crippen molar-refractivity contribution >= 4 is 40.9 Å². The Balaban J connectivity index is 1.74. The van der Waals surface area contributed by atoms with Crippen molar-refractivity contribution in [2.24, 2.45) is 0 Å². The molecule has 1 amide bonds. The van der Waals surface area contributed by atoms with Crippen molar-refractivity contribution in [3.8, 4) is 11.8 Å². The molecule has 0 bridgehead atoms. The van der Waals surface area contributed by atoms with Gasteiger partial charge in [-0.3, -0.25) is 4.79 Å². The number of nitrogens with zero attached hydrogens (tertiary/aromatic N) is 1. The molecule has 0 saturated heterocycles. The predicted molar refractivity (Wildman–Crippen MR) is 125 cm³/mol. The van der Waals surface area contributed by atoms with Gasteiger partial charge in [0.2, 0.25) is 0 Å². The fourth-order valence-corrected chi connectivity index (χ4v) is 3.32. The van der Waals surface area contributed by atoms with Crippen molar-refractivity contribution in [2.45, 2.75) is 20.5 Å². The van der Waals surface area contributed by atoms with Gasteiger partial charge in [-0.15, -0.1) is 0 Å². The molecule has 0 aliphatic heterocycles. The lowest BCUT2D eigenvalue weighted by Gasteiger charge is -2.11. The quantitative estimate of drug-likeness (QED) is 0.334. The van der Waals surface area contributed by atoms with Crippen LogP contribution in [0.2, 0.25) is 10.0 Å². The third-order valence-electron chi connectivity index (χ3n) is 4.83. The molecule has 0 aliphatic rings. The Kier molecular flexibility index (Phi) is 7.36. The van der Waals surface area contributed by atoms with Crippen LogP contribution in [0.5, 0.6) is 5.75 Å². The molecule has 0 aliphatic carbocycles. The fraction of sp³-hybridized carbons (Fsp3) is 0.120. The van der Waals surface area contributed by atoms with E-state index in [0.29, 0.717) is 27.0 Å². The average Bonchev–Trinajstić information content (AvgIpc) is 2.75. The fourth-order valence-electron chi connectivity index (χ4n) is 2.89. The molecule has 0 saturated carbocycles. The summed E-state index contributed by atoms with van der Waals surface area (Å²) in [5.41, 5.74) is 4.12. The lowest BCUT2D eigenvalue weighted by molar-refractivity contribution is -0.112. The topological polar surface area (TPSA) is 62.1 Å². The lowest BCUT2D eigenvalue weighted by atomic mass is 10.1. The number of halogens is 2. The first-order valence-electron chi connectivity index (χ1n) is 9.54. The van der Waals surface area contributed by atoms with E-state index in [1.54, 1.807) is 30.3 Å². The minimum atomic E-state index is -0.480. The predicted octanol–water partition coefficient (Wildman–Crippen LogP) is 6.73. The molecular formula is C25H20Cl2N2O2. The number of hydrogen-bond donors (Lipinski definition) is 1. The van der Waals surface area contributed by atoms with Gasteiger partial charge >= 0.3 is 0 Å². The van der Waals surface area contributed by atoms with Crippen LogP contribution in [0.25, 0.3) is 6.08 Å². The molecule has 1 N–H and O–H groups in total. The van der Waals surface area contributed by atoms with Gasteiger partial charge in [-0.1, -0.05) is 59.6 Å². The minimum Gasteiger partial charge on any atom is -0.487 e. The largest absolute Gasteiger partial charge is 0.487 e. The van der Waals surface area contributed by atoms with Gasteiger partial charge in [0.15, 0.2) is 0 Å². The average molecular weight is 451 g/mol. The molecular weight excluding hydrogens is 431 g/mol. The van der Waals surface area contributed by atoms with Crippen LogP contribution in [-0.2, 0) is 11.4 Å². The molecule has 0 atom stereocenters. The summed E-state index contributed by atoms with van der Waals surface area (Å²) in [6.45, 7) is 4.15. The molecule has 0 heterocycles. The summed E-state index contributed by atoms with van der Waals surface area (Å²) in [5.74, 6) is 0.00319. The highest BCUT2D eigenvalue weighted by Gasteiger charge is 2.12. The SMILES string of the molecule is Cc1cccc(NC(=O)/C(C#N)=C/c2ccc(OCc3ccccc3Cl)c(Cl)c2)c1C. The third-order valence-corrected chi connectivity index (χ3v) is 5.49. The van der Waals surface area contributed by atoms with Gasteiger partial charge < -0.3 is 10.1 Å². The van der Waals surface area contributed by atoms with E-state index in [9.17, 15) is 10.1 Å². The summed E-state index contributed by atoms with van der Waals surface area (Å²) in [6, 6.07) is 20.0. The zero-order chi connectivity index (χ0) is 22.4. The standard InChI is InChI=1S/C25H20Cl2N2O2/c1-16-6-5-9-23(17(16)2)29-25(30)20(14-28)12-18-10-11-24(22(27)13-18)31-15-19-7-3-4-8-21(19)26/h3-13H,15H2,1-2H3,(H,29,30)/b20-12+. The molecule has 0 radical (unpaired) electrons. The van der Waals surface area contributed by atoms with Crippen molar-refractivity contribution < 1.29 is 9.53 Å². The molecule has 0 fully saturated rings. The minimum absolute atomic E-state index is 0.0262. The molecule has 6 heteroatoms. The zero-order valence-corrected chi connectivity index (χ0v) is 18.6. The molecule has 3 rings (SSSR count). The van der Waals surface area contributed by atoms with Gasteiger partial charge in [0.05, 0.1) is 5.02 Å². The number of rotatable bonds is 6. The maximum atomic E-state index is 12.6. The summed E-state index contributed by atoms with van der Waals surface area (Å²) < 4.78 is 5.76. The number of amides is 1. The summed E-state index contributed by atoms with van der Waals surface area (Å²) >= 11 is 12.5. The number of nitrogens with one attached hydrogen (secondary N) is 1.